The summed E-state index contributed by atoms with van der Waals surface area (Å²) in [6, 6.07) is 66.1. The molecule has 0 atom stereocenters. The fourth-order valence-electron chi connectivity index (χ4n) is 6.24. The fraction of sp³-hybridized carbons (Fsp3) is 0. The van der Waals surface area contributed by atoms with Crippen molar-refractivity contribution >= 4 is 28.0 Å². The van der Waals surface area contributed by atoms with E-state index in [-0.39, 0.29) is 0 Å². The Morgan fingerprint density at radius 1 is 0.326 bits per heavy atom. The quantitative estimate of drug-likeness (QED) is 0.184. The highest BCUT2D eigenvalue weighted by Gasteiger charge is 2.19. The number of nitrogens with zero attached hydrogens (tertiary/aromatic N) is 1. The van der Waals surface area contributed by atoms with Crippen LogP contribution in [0, 0.1) is 0 Å². The van der Waals surface area contributed by atoms with Gasteiger partial charge in [0.15, 0.2) is 0 Å². The number of fused-ring (bicyclic) bond motifs is 1. The molecule has 0 bridgehead atoms. The molecule has 0 unspecified atom stereocenters. The van der Waals surface area contributed by atoms with Crippen molar-refractivity contribution in [2.45, 2.75) is 0 Å². The minimum absolute atomic E-state index is 0.872. The summed E-state index contributed by atoms with van der Waals surface area (Å²) in [5.74, 6) is 0.872. The predicted octanol–water partition coefficient (Wildman–Crippen LogP) is 12.6. The molecule has 2 nitrogen and oxygen atoms in total. The van der Waals surface area contributed by atoms with Crippen LogP contribution in [0.4, 0.5) is 17.1 Å². The molecule has 46 heavy (non-hydrogen) atoms. The fourth-order valence-corrected chi connectivity index (χ4v) is 6.24. The van der Waals surface area contributed by atoms with Crippen molar-refractivity contribution in [1.29, 1.82) is 0 Å². The van der Waals surface area contributed by atoms with E-state index in [2.05, 4.69) is 181 Å². The van der Waals surface area contributed by atoms with Crippen molar-refractivity contribution in [2.75, 3.05) is 4.90 Å². The second-order valence-corrected chi connectivity index (χ2v) is 11.4. The van der Waals surface area contributed by atoms with Gasteiger partial charge in [-0.3, -0.25) is 0 Å². The number of rotatable bonds is 7. The lowest BCUT2D eigenvalue weighted by Crippen LogP contribution is -2.09. The van der Waals surface area contributed by atoms with E-state index < -0.39 is 0 Å². The molecule has 0 aliphatic rings. The number of para-hydroxylation sites is 2. The molecule has 7 aromatic carbocycles. The van der Waals surface area contributed by atoms with Crippen LogP contribution in [0.2, 0.25) is 0 Å². The molecule has 8 aromatic rings. The first kappa shape index (κ1) is 27.4. The Morgan fingerprint density at radius 2 is 0.783 bits per heavy atom. The molecular formula is C44H31NO. The van der Waals surface area contributed by atoms with Crippen LogP contribution in [-0.4, -0.2) is 0 Å². The van der Waals surface area contributed by atoms with E-state index in [1.165, 1.54) is 22.3 Å². The van der Waals surface area contributed by atoms with Gasteiger partial charge in [0.2, 0.25) is 0 Å². The van der Waals surface area contributed by atoms with Crippen LogP contribution < -0.4 is 4.90 Å². The Morgan fingerprint density at radius 3 is 1.43 bits per heavy atom. The normalized spacial score (nSPS) is 11.0. The Bertz CT molecular complexity index is 2220. The molecule has 0 N–H and O–H groups in total. The van der Waals surface area contributed by atoms with E-state index >= 15 is 0 Å². The number of benzene rings is 7. The van der Waals surface area contributed by atoms with Gasteiger partial charge in [0.1, 0.15) is 11.3 Å². The van der Waals surface area contributed by atoms with Crippen LogP contribution in [0.1, 0.15) is 0 Å². The Hall–Kier alpha value is -6.12. The molecule has 0 aliphatic heterocycles. The third-order valence-electron chi connectivity index (χ3n) is 8.49. The third kappa shape index (κ3) is 5.27. The minimum Gasteiger partial charge on any atom is -0.455 e. The maximum atomic E-state index is 6.57. The van der Waals surface area contributed by atoms with E-state index in [9.17, 15) is 0 Å². The predicted molar refractivity (Wildman–Crippen MR) is 193 cm³/mol. The van der Waals surface area contributed by atoms with Crippen LogP contribution in [0.3, 0.4) is 0 Å². The first-order valence-corrected chi connectivity index (χ1v) is 15.6. The molecule has 1 aromatic heterocycles. The first-order chi connectivity index (χ1) is 22.8. The van der Waals surface area contributed by atoms with E-state index in [1.807, 2.05) is 12.1 Å². The number of hydrogen-bond donors (Lipinski definition) is 0. The van der Waals surface area contributed by atoms with E-state index in [4.69, 9.17) is 4.42 Å². The van der Waals surface area contributed by atoms with E-state index in [0.717, 1.165) is 50.5 Å². The molecule has 8 rings (SSSR count). The molecule has 0 aliphatic carbocycles. The smallest absolute Gasteiger partial charge is 0.143 e. The molecule has 0 saturated heterocycles. The van der Waals surface area contributed by atoms with Crippen LogP contribution in [0.25, 0.3) is 55.7 Å². The zero-order chi connectivity index (χ0) is 30.7. The number of hydrogen-bond acceptors (Lipinski definition) is 2. The van der Waals surface area contributed by atoms with Crippen LogP contribution in [0.5, 0.6) is 0 Å². The lowest BCUT2D eigenvalue weighted by molar-refractivity contribution is 0.632. The highest BCUT2D eigenvalue weighted by Crippen LogP contribution is 2.43. The largest absolute Gasteiger partial charge is 0.455 e. The van der Waals surface area contributed by atoms with Gasteiger partial charge in [-0.2, -0.15) is 0 Å². The van der Waals surface area contributed by atoms with Gasteiger partial charge in [-0.05, 0) is 70.3 Å². The monoisotopic (exact) mass is 589 g/mol. The second-order valence-electron chi connectivity index (χ2n) is 11.4. The molecule has 218 valence electrons. The summed E-state index contributed by atoms with van der Waals surface area (Å²) < 4.78 is 6.57. The van der Waals surface area contributed by atoms with Gasteiger partial charge >= 0.3 is 0 Å². The SMILES string of the molecule is c1ccc(-c2ccc(-c3ccc(N(c4ccccc4)c4cccc(-c5oc6ccccc6c5-c5ccccc5)c4)cc3)cc2)cc1. The summed E-state index contributed by atoms with van der Waals surface area (Å²) in [5, 5.41) is 1.11. The summed E-state index contributed by atoms with van der Waals surface area (Å²) in [5.41, 5.74) is 12.2. The van der Waals surface area contributed by atoms with Gasteiger partial charge in [0.25, 0.3) is 0 Å². The maximum Gasteiger partial charge on any atom is 0.143 e. The van der Waals surface area contributed by atoms with Crippen molar-refractivity contribution in [3.05, 3.63) is 188 Å². The molecule has 1 heterocycles. The van der Waals surface area contributed by atoms with Crippen LogP contribution in [0.15, 0.2) is 192 Å². The van der Waals surface area contributed by atoms with E-state index in [0.29, 0.717) is 0 Å². The molecule has 0 saturated carbocycles. The second kappa shape index (κ2) is 12.1. The zero-order valence-corrected chi connectivity index (χ0v) is 25.3. The van der Waals surface area contributed by atoms with Crippen molar-refractivity contribution < 1.29 is 4.42 Å². The molecule has 2 heteroatoms. The van der Waals surface area contributed by atoms with Gasteiger partial charge in [-0.25, -0.2) is 0 Å². The average Bonchev–Trinajstić information content (AvgIpc) is 3.53. The Kier molecular flexibility index (Phi) is 7.22. The van der Waals surface area contributed by atoms with Crippen molar-refractivity contribution in [1.82, 2.24) is 0 Å². The lowest BCUT2D eigenvalue weighted by Gasteiger charge is -2.26. The van der Waals surface area contributed by atoms with E-state index in [1.54, 1.807) is 0 Å². The van der Waals surface area contributed by atoms with Crippen molar-refractivity contribution in [2.24, 2.45) is 0 Å². The highest BCUT2D eigenvalue weighted by molar-refractivity contribution is 6.02. The zero-order valence-electron chi connectivity index (χ0n) is 25.3. The minimum atomic E-state index is 0.872. The lowest BCUT2D eigenvalue weighted by atomic mass is 9.98. The topological polar surface area (TPSA) is 16.4 Å². The standard InChI is InChI=1S/C44H31NO/c1-4-13-32(14-5-1)33-23-25-34(26-24-33)35-27-29-39(30-28-35)45(38-18-8-3-9-19-38)40-20-12-17-37(31-40)44-43(36-15-6-2-7-16-36)41-21-10-11-22-42(41)46-44/h1-31H. The summed E-state index contributed by atoms with van der Waals surface area (Å²) in [6.45, 7) is 0. The number of furan rings is 1. The third-order valence-corrected chi connectivity index (χ3v) is 8.49. The Labute approximate surface area is 269 Å². The van der Waals surface area contributed by atoms with Gasteiger partial charge in [0, 0.05) is 33.6 Å². The molecule has 0 fully saturated rings. The molecule has 0 spiro atoms. The summed E-state index contributed by atoms with van der Waals surface area (Å²) in [7, 11) is 0. The summed E-state index contributed by atoms with van der Waals surface area (Å²) in [4.78, 5) is 2.30. The highest BCUT2D eigenvalue weighted by atomic mass is 16.3. The van der Waals surface area contributed by atoms with Gasteiger partial charge < -0.3 is 9.32 Å². The van der Waals surface area contributed by atoms with Crippen LogP contribution in [-0.2, 0) is 0 Å². The molecule has 0 amide bonds. The average molecular weight is 590 g/mol. The van der Waals surface area contributed by atoms with Gasteiger partial charge in [-0.15, -0.1) is 0 Å². The Balaban J connectivity index is 1.18. The molecular weight excluding hydrogens is 558 g/mol. The van der Waals surface area contributed by atoms with Gasteiger partial charge in [-0.1, -0.05) is 146 Å². The summed E-state index contributed by atoms with van der Waals surface area (Å²) in [6.07, 6.45) is 0. The van der Waals surface area contributed by atoms with Gasteiger partial charge in [0.05, 0.1) is 0 Å². The molecule has 0 radical (unpaired) electrons. The number of anilines is 3. The van der Waals surface area contributed by atoms with Crippen molar-refractivity contribution in [3.8, 4) is 44.7 Å². The summed E-state index contributed by atoms with van der Waals surface area (Å²) >= 11 is 0. The van der Waals surface area contributed by atoms with Crippen molar-refractivity contribution in [3.63, 3.8) is 0 Å². The van der Waals surface area contributed by atoms with Crippen LogP contribution >= 0.6 is 0 Å². The first-order valence-electron chi connectivity index (χ1n) is 15.6. The maximum absolute atomic E-state index is 6.57.